The van der Waals surface area contributed by atoms with Crippen LogP contribution >= 0.6 is 0 Å². The van der Waals surface area contributed by atoms with Crippen molar-refractivity contribution in [3.8, 4) is 0 Å². The highest BCUT2D eigenvalue weighted by atomic mass is 19.1. The molecule has 19 heavy (non-hydrogen) atoms. The molecule has 0 bridgehead atoms. The molecule has 0 unspecified atom stereocenters. The first-order valence-corrected chi connectivity index (χ1v) is 6.71. The van der Waals surface area contributed by atoms with E-state index in [9.17, 15) is 4.39 Å². The molecule has 1 aromatic heterocycles. The van der Waals surface area contributed by atoms with E-state index in [0.717, 1.165) is 31.9 Å². The summed E-state index contributed by atoms with van der Waals surface area (Å²) in [4.78, 5) is 6.53. The predicted octanol–water partition coefficient (Wildman–Crippen LogP) is 2.50. The monoisotopic (exact) mass is 263 g/mol. The first-order valence-electron chi connectivity index (χ1n) is 6.71. The summed E-state index contributed by atoms with van der Waals surface area (Å²) in [6.07, 6.45) is 0. The smallest absolute Gasteiger partial charge is 0.198 e. The van der Waals surface area contributed by atoms with Gasteiger partial charge in [-0.25, -0.2) is 9.37 Å². The van der Waals surface area contributed by atoms with E-state index in [-0.39, 0.29) is 11.7 Å². The van der Waals surface area contributed by atoms with E-state index in [4.69, 9.17) is 4.42 Å². The third kappa shape index (κ3) is 2.30. The normalized spacial score (nSPS) is 16.5. The van der Waals surface area contributed by atoms with Crippen molar-refractivity contribution in [3.05, 3.63) is 23.8 Å². The second kappa shape index (κ2) is 4.81. The maximum atomic E-state index is 13.7. The van der Waals surface area contributed by atoms with E-state index in [1.165, 1.54) is 6.07 Å². The van der Waals surface area contributed by atoms with E-state index in [1.807, 2.05) is 13.8 Å². The molecule has 2 heterocycles. The number of nitrogens with zero attached hydrogens (tertiary/aromatic N) is 2. The highest BCUT2D eigenvalue weighted by Crippen LogP contribution is 2.31. The van der Waals surface area contributed by atoms with E-state index >= 15 is 0 Å². The quantitative estimate of drug-likeness (QED) is 0.904. The molecule has 1 aromatic carbocycles. The minimum Gasteiger partial charge on any atom is -0.438 e. The van der Waals surface area contributed by atoms with Crippen LogP contribution in [0.4, 0.5) is 10.1 Å². The van der Waals surface area contributed by atoms with Crippen LogP contribution in [-0.4, -0.2) is 31.2 Å². The predicted molar refractivity (Wildman–Crippen MR) is 73.1 cm³/mol. The van der Waals surface area contributed by atoms with Crippen LogP contribution in [0.25, 0.3) is 11.1 Å². The van der Waals surface area contributed by atoms with E-state index in [1.54, 1.807) is 6.07 Å². The number of hydrogen-bond donors (Lipinski definition) is 1. The number of oxazole rings is 1. The van der Waals surface area contributed by atoms with Gasteiger partial charge in [0.15, 0.2) is 11.5 Å². The zero-order valence-corrected chi connectivity index (χ0v) is 11.2. The van der Waals surface area contributed by atoms with Crippen LogP contribution in [0.3, 0.4) is 0 Å². The number of piperazine rings is 1. The Hall–Kier alpha value is -1.62. The zero-order chi connectivity index (χ0) is 13.4. The Bertz CT molecular complexity index is 588. The molecule has 0 saturated carbocycles. The Labute approximate surface area is 111 Å². The first kappa shape index (κ1) is 12.4. The Kier molecular flexibility index (Phi) is 3.14. The molecule has 1 aliphatic rings. The molecule has 1 aliphatic heterocycles. The fraction of sp³-hybridized carbons (Fsp3) is 0.500. The Balaban J connectivity index is 2.10. The van der Waals surface area contributed by atoms with Crippen molar-refractivity contribution < 1.29 is 8.81 Å². The van der Waals surface area contributed by atoms with Gasteiger partial charge in [0.25, 0.3) is 0 Å². The summed E-state index contributed by atoms with van der Waals surface area (Å²) in [7, 11) is 0. The van der Waals surface area contributed by atoms with E-state index < -0.39 is 0 Å². The largest absolute Gasteiger partial charge is 0.438 e. The van der Waals surface area contributed by atoms with Crippen molar-refractivity contribution in [1.82, 2.24) is 10.3 Å². The van der Waals surface area contributed by atoms with Crippen molar-refractivity contribution in [2.24, 2.45) is 0 Å². The molecule has 1 N–H and O–H groups in total. The fourth-order valence-corrected chi connectivity index (χ4v) is 2.39. The molecular weight excluding hydrogens is 245 g/mol. The molecule has 3 rings (SSSR count). The standard InChI is InChI=1S/C14H18FN3O/c1-9(2)14-17-11-7-10(15)8-12(13(11)19-14)18-5-3-16-4-6-18/h7-9,16H,3-6H2,1-2H3. The summed E-state index contributed by atoms with van der Waals surface area (Å²) in [6, 6.07) is 2.99. The lowest BCUT2D eigenvalue weighted by atomic mass is 10.2. The molecule has 0 amide bonds. The van der Waals surface area contributed by atoms with Gasteiger partial charge in [0.1, 0.15) is 11.3 Å². The van der Waals surface area contributed by atoms with Crippen LogP contribution in [0.2, 0.25) is 0 Å². The molecule has 4 nitrogen and oxygen atoms in total. The molecule has 0 aliphatic carbocycles. The summed E-state index contributed by atoms with van der Waals surface area (Å²) in [6.45, 7) is 7.57. The Morgan fingerprint density at radius 1 is 1.32 bits per heavy atom. The Morgan fingerprint density at radius 3 is 2.74 bits per heavy atom. The average molecular weight is 263 g/mol. The zero-order valence-electron chi connectivity index (χ0n) is 11.2. The summed E-state index contributed by atoms with van der Waals surface area (Å²) in [5.41, 5.74) is 2.13. The summed E-state index contributed by atoms with van der Waals surface area (Å²) >= 11 is 0. The van der Waals surface area contributed by atoms with Gasteiger partial charge in [-0.05, 0) is 0 Å². The summed E-state index contributed by atoms with van der Waals surface area (Å²) < 4.78 is 19.6. The lowest BCUT2D eigenvalue weighted by Gasteiger charge is -2.29. The van der Waals surface area contributed by atoms with E-state index in [2.05, 4.69) is 15.2 Å². The molecular formula is C14H18FN3O. The van der Waals surface area contributed by atoms with E-state index in [0.29, 0.717) is 17.0 Å². The van der Waals surface area contributed by atoms with Gasteiger partial charge in [0, 0.05) is 44.2 Å². The van der Waals surface area contributed by atoms with Crippen LogP contribution in [0.5, 0.6) is 0 Å². The van der Waals surface area contributed by atoms with Crippen LogP contribution in [0.1, 0.15) is 25.7 Å². The number of halogens is 1. The number of aromatic nitrogens is 1. The SMILES string of the molecule is CC(C)c1nc2cc(F)cc(N3CCNCC3)c2o1. The molecule has 0 spiro atoms. The Morgan fingerprint density at radius 2 is 2.05 bits per heavy atom. The van der Waals surface area contributed by atoms with Gasteiger partial charge in [-0.3, -0.25) is 0 Å². The van der Waals surface area contributed by atoms with Gasteiger partial charge in [0.2, 0.25) is 0 Å². The average Bonchev–Trinajstić information content (AvgIpc) is 2.82. The lowest BCUT2D eigenvalue weighted by Crippen LogP contribution is -2.43. The van der Waals surface area contributed by atoms with Gasteiger partial charge in [-0.1, -0.05) is 13.8 Å². The molecule has 0 atom stereocenters. The molecule has 5 heteroatoms. The fourth-order valence-electron chi connectivity index (χ4n) is 2.39. The first-order chi connectivity index (χ1) is 9.15. The second-order valence-corrected chi connectivity index (χ2v) is 5.22. The lowest BCUT2D eigenvalue weighted by molar-refractivity contribution is 0.499. The molecule has 0 radical (unpaired) electrons. The van der Waals surface area contributed by atoms with Crippen LogP contribution in [-0.2, 0) is 0 Å². The third-order valence-corrected chi connectivity index (χ3v) is 3.40. The van der Waals surface area contributed by atoms with Crippen LogP contribution < -0.4 is 10.2 Å². The third-order valence-electron chi connectivity index (χ3n) is 3.40. The maximum absolute atomic E-state index is 13.7. The number of anilines is 1. The maximum Gasteiger partial charge on any atom is 0.198 e. The van der Waals surface area contributed by atoms with Gasteiger partial charge in [-0.2, -0.15) is 0 Å². The highest BCUT2D eigenvalue weighted by Gasteiger charge is 2.19. The minimum absolute atomic E-state index is 0.200. The number of nitrogens with one attached hydrogen (secondary N) is 1. The van der Waals surface area contributed by atoms with Crippen LogP contribution in [0, 0.1) is 5.82 Å². The topological polar surface area (TPSA) is 41.3 Å². The van der Waals surface area contributed by atoms with Crippen molar-refractivity contribution in [1.29, 1.82) is 0 Å². The van der Waals surface area contributed by atoms with Crippen molar-refractivity contribution in [2.75, 3.05) is 31.1 Å². The van der Waals surface area contributed by atoms with Crippen molar-refractivity contribution >= 4 is 16.8 Å². The van der Waals surface area contributed by atoms with Gasteiger partial charge >= 0.3 is 0 Å². The number of rotatable bonds is 2. The van der Waals surface area contributed by atoms with Crippen molar-refractivity contribution in [3.63, 3.8) is 0 Å². The van der Waals surface area contributed by atoms with Crippen LogP contribution in [0.15, 0.2) is 16.5 Å². The van der Waals surface area contributed by atoms with Crippen molar-refractivity contribution in [2.45, 2.75) is 19.8 Å². The van der Waals surface area contributed by atoms with Gasteiger partial charge < -0.3 is 14.6 Å². The second-order valence-electron chi connectivity index (χ2n) is 5.22. The summed E-state index contributed by atoms with van der Waals surface area (Å²) in [5, 5.41) is 3.29. The van der Waals surface area contributed by atoms with Gasteiger partial charge in [0.05, 0.1) is 5.69 Å². The number of hydrogen-bond acceptors (Lipinski definition) is 4. The molecule has 2 aromatic rings. The number of fused-ring (bicyclic) bond motifs is 1. The highest BCUT2D eigenvalue weighted by molar-refractivity contribution is 5.87. The summed E-state index contributed by atoms with van der Waals surface area (Å²) in [5.74, 6) is 0.605. The molecule has 1 saturated heterocycles. The number of benzene rings is 1. The molecule has 102 valence electrons. The molecule has 1 fully saturated rings. The van der Waals surface area contributed by atoms with Gasteiger partial charge in [-0.15, -0.1) is 0 Å². The minimum atomic E-state index is -0.260.